The number of benzene rings is 2. The molecule has 118 valence electrons. The normalized spacial score (nSPS) is 12.4. The molecule has 0 aromatic heterocycles. The van der Waals surface area contributed by atoms with Crippen molar-refractivity contribution in [2.75, 3.05) is 0 Å². The Hall–Kier alpha value is -2.88. The van der Waals surface area contributed by atoms with Gasteiger partial charge in [0.2, 0.25) is 0 Å². The van der Waals surface area contributed by atoms with Gasteiger partial charge in [-0.1, -0.05) is 48.5 Å². The van der Waals surface area contributed by atoms with Crippen LogP contribution in [0.3, 0.4) is 0 Å². The number of nitrogens with one attached hydrogen (secondary N) is 1. The van der Waals surface area contributed by atoms with Crippen LogP contribution in [0.15, 0.2) is 65.8 Å². The van der Waals surface area contributed by atoms with E-state index >= 15 is 0 Å². The summed E-state index contributed by atoms with van der Waals surface area (Å²) >= 11 is 0. The Morgan fingerprint density at radius 2 is 1.96 bits per heavy atom. The van der Waals surface area contributed by atoms with Crippen LogP contribution in [-0.2, 0) is 4.79 Å². The fraction of sp³-hybridized carbons (Fsp3) is 0.158. The van der Waals surface area contributed by atoms with Gasteiger partial charge in [0.25, 0.3) is 5.91 Å². The monoisotopic (exact) mass is 308 g/mol. The van der Waals surface area contributed by atoms with Crippen molar-refractivity contribution in [3.05, 3.63) is 71.8 Å². The maximum absolute atomic E-state index is 11.9. The minimum Gasteiger partial charge on any atom is -0.481 e. The van der Waals surface area contributed by atoms with E-state index in [-0.39, 0.29) is 5.91 Å². The van der Waals surface area contributed by atoms with Gasteiger partial charge in [0, 0.05) is 6.21 Å². The molecule has 0 aliphatic heterocycles. The molecule has 2 aromatic rings. The second kappa shape index (κ2) is 8.54. The SMILES string of the molecule is Cc1cccc(O[C@H](C)C(=O)NN=C/C=C/c2ccccc2)c1. The van der Waals surface area contributed by atoms with E-state index < -0.39 is 6.10 Å². The minimum absolute atomic E-state index is 0.295. The topological polar surface area (TPSA) is 50.7 Å². The van der Waals surface area contributed by atoms with Crippen LogP contribution < -0.4 is 10.2 Å². The number of carbonyl (C=O) groups is 1. The molecule has 0 saturated carbocycles. The number of aryl methyl sites for hydroxylation is 1. The average Bonchev–Trinajstić information content (AvgIpc) is 2.55. The number of hydrazone groups is 1. The van der Waals surface area contributed by atoms with E-state index in [1.165, 1.54) is 6.21 Å². The Balaban J connectivity index is 1.79. The number of hydrogen-bond acceptors (Lipinski definition) is 3. The first-order chi connectivity index (χ1) is 11.1. The molecule has 0 aliphatic rings. The van der Waals surface area contributed by atoms with E-state index in [9.17, 15) is 4.79 Å². The number of carbonyl (C=O) groups excluding carboxylic acids is 1. The highest BCUT2D eigenvalue weighted by molar-refractivity contribution is 5.83. The number of amides is 1. The van der Waals surface area contributed by atoms with E-state index in [1.807, 2.05) is 67.6 Å². The van der Waals surface area contributed by atoms with Gasteiger partial charge in [0.15, 0.2) is 6.10 Å². The molecule has 0 spiro atoms. The third-order valence-electron chi connectivity index (χ3n) is 3.10. The number of ether oxygens (including phenoxy) is 1. The fourth-order valence-electron chi connectivity index (χ4n) is 1.90. The van der Waals surface area contributed by atoms with Gasteiger partial charge < -0.3 is 4.74 Å². The Labute approximate surface area is 136 Å². The molecular weight excluding hydrogens is 288 g/mol. The van der Waals surface area contributed by atoms with Gasteiger partial charge in [0.1, 0.15) is 5.75 Å². The molecule has 4 heteroatoms. The molecule has 23 heavy (non-hydrogen) atoms. The standard InChI is InChI=1S/C19H20N2O2/c1-15-8-6-12-18(14-15)23-16(2)19(22)21-20-13-7-11-17-9-4-3-5-10-17/h3-14,16H,1-2H3,(H,21,22)/b11-7+,20-13?/t16-/m1/s1. The summed E-state index contributed by atoms with van der Waals surface area (Å²) in [5.74, 6) is 0.372. The zero-order valence-corrected chi connectivity index (χ0v) is 13.3. The van der Waals surface area contributed by atoms with Crippen LogP contribution in [0.5, 0.6) is 5.75 Å². The summed E-state index contributed by atoms with van der Waals surface area (Å²) < 4.78 is 5.58. The molecule has 0 unspecified atom stereocenters. The molecule has 0 bridgehead atoms. The van der Waals surface area contributed by atoms with E-state index in [0.717, 1.165) is 11.1 Å². The number of hydrogen-bond donors (Lipinski definition) is 1. The lowest BCUT2D eigenvalue weighted by Crippen LogP contribution is -2.33. The molecule has 2 aromatic carbocycles. The third kappa shape index (κ3) is 5.79. The molecule has 0 saturated heterocycles. The van der Waals surface area contributed by atoms with Gasteiger partial charge in [-0.15, -0.1) is 0 Å². The van der Waals surface area contributed by atoms with Crippen molar-refractivity contribution < 1.29 is 9.53 Å². The van der Waals surface area contributed by atoms with Gasteiger partial charge >= 0.3 is 0 Å². The zero-order valence-electron chi connectivity index (χ0n) is 13.3. The second-order valence-corrected chi connectivity index (χ2v) is 5.10. The smallest absolute Gasteiger partial charge is 0.280 e. The Morgan fingerprint density at radius 1 is 1.17 bits per heavy atom. The largest absolute Gasteiger partial charge is 0.481 e. The Morgan fingerprint density at radius 3 is 2.70 bits per heavy atom. The van der Waals surface area contributed by atoms with Gasteiger partial charge in [0.05, 0.1) is 0 Å². The van der Waals surface area contributed by atoms with E-state index in [0.29, 0.717) is 5.75 Å². The van der Waals surface area contributed by atoms with Crippen LogP contribution in [0, 0.1) is 6.92 Å². The number of allylic oxidation sites excluding steroid dienone is 1. The molecule has 1 atom stereocenters. The predicted molar refractivity (Wildman–Crippen MR) is 93.4 cm³/mol. The molecule has 0 radical (unpaired) electrons. The lowest BCUT2D eigenvalue weighted by molar-refractivity contribution is -0.127. The van der Waals surface area contributed by atoms with Gasteiger partial charge in [-0.05, 0) is 43.2 Å². The van der Waals surface area contributed by atoms with Gasteiger partial charge in [-0.2, -0.15) is 5.10 Å². The van der Waals surface area contributed by atoms with Crippen molar-refractivity contribution in [1.29, 1.82) is 0 Å². The van der Waals surface area contributed by atoms with Crippen LogP contribution in [-0.4, -0.2) is 18.2 Å². The van der Waals surface area contributed by atoms with E-state index in [2.05, 4.69) is 10.5 Å². The highest BCUT2D eigenvalue weighted by Gasteiger charge is 2.13. The van der Waals surface area contributed by atoms with Crippen LogP contribution >= 0.6 is 0 Å². The molecule has 0 heterocycles. The molecule has 0 aliphatic carbocycles. The van der Waals surface area contributed by atoms with E-state index in [4.69, 9.17) is 4.74 Å². The van der Waals surface area contributed by atoms with Crippen molar-refractivity contribution in [1.82, 2.24) is 5.43 Å². The van der Waals surface area contributed by atoms with Crippen molar-refractivity contribution in [3.8, 4) is 5.75 Å². The van der Waals surface area contributed by atoms with Crippen LogP contribution in [0.2, 0.25) is 0 Å². The molecule has 4 nitrogen and oxygen atoms in total. The van der Waals surface area contributed by atoms with Crippen molar-refractivity contribution >= 4 is 18.2 Å². The Bertz CT molecular complexity index is 694. The van der Waals surface area contributed by atoms with Crippen LogP contribution in [0.4, 0.5) is 0 Å². The van der Waals surface area contributed by atoms with Gasteiger partial charge in [-0.25, -0.2) is 5.43 Å². The van der Waals surface area contributed by atoms with Crippen molar-refractivity contribution in [2.45, 2.75) is 20.0 Å². The quantitative estimate of drug-likeness (QED) is 0.655. The zero-order chi connectivity index (χ0) is 16.5. The summed E-state index contributed by atoms with van der Waals surface area (Å²) in [5.41, 5.74) is 4.61. The first-order valence-electron chi connectivity index (χ1n) is 7.43. The van der Waals surface area contributed by atoms with Crippen molar-refractivity contribution in [3.63, 3.8) is 0 Å². The van der Waals surface area contributed by atoms with Crippen molar-refractivity contribution in [2.24, 2.45) is 5.10 Å². The highest BCUT2D eigenvalue weighted by Crippen LogP contribution is 2.14. The molecule has 1 N–H and O–H groups in total. The number of rotatable bonds is 6. The van der Waals surface area contributed by atoms with E-state index in [1.54, 1.807) is 13.0 Å². The highest BCUT2D eigenvalue weighted by atomic mass is 16.5. The number of nitrogens with zero attached hydrogens (tertiary/aromatic N) is 1. The Kier molecular flexibility index (Phi) is 6.12. The molecule has 2 rings (SSSR count). The van der Waals surface area contributed by atoms with Gasteiger partial charge in [-0.3, -0.25) is 4.79 Å². The maximum Gasteiger partial charge on any atom is 0.280 e. The molecule has 1 amide bonds. The second-order valence-electron chi connectivity index (χ2n) is 5.10. The fourth-order valence-corrected chi connectivity index (χ4v) is 1.90. The summed E-state index contributed by atoms with van der Waals surface area (Å²) in [4.78, 5) is 11.9. The summed E-state index contributed by atoms with van der Waals surface area (Å²) in [5, 5.41) is 3.88. The van der Waals surface area contributed by atoms with Crippen LogP contribution in [0.1, 0.15) is 18.1 Å². The summed E-state index contributed by atoms with van der Waals surface area (Å²) in [6, 6.07) is 17.4. The lowest BCUT2D eigenvalue weighted by Gasteiger charge is -2.13. The summed E-state index contributed by atoms with van der Waals surface area (Å²) in [7, 11) is 0. The average molecular weight is 308 g/mol. The summed E-state index contributed by atoms with van der Waals surface area (Å²) in [6.45, 7) is 3.66. The first kappa shape index (κ1) is 16.5. The molecular formula is C19H20N2O2. The first-order valence-corrected chi connectivity index (χ1v) is 7.43. The molecule has 0 fully saturated rings. The summed E-state index contributed by atoms with van der Waals surface area (Å²) in [6.07, 6.45) is 4.58. The maximum atomic E-state index is 11.9. The third-order valence-corrected chi connectivity index (χ3v) is 3.10. The van der Waals surface area contributed by atoms with Crippen LogP contribution in [0.25, 0.3) is 6.08 Å². The predicted octanol–water partition coefficient (Wildman–Crippen LogP) is 3.58. The minimum atomic E-state index is -0.618. The lowest BCUT2D eigenvalue weighted by atomic mass is 10.2.